The van der Waals surface area contributed by atoms with Gasteiger partial charge in [0.2, 0.25) is 10.0 Å². The Morgan fingerprint density at radius 2 is 1.75 bits per heavy atom. The summed E-state index contributed by atoms with van der Waals surface area (Å²) < 4.78 is 32.7. The predicted molar refractivity (Wildman–Crippen MR) is 98.2 cm³/mol. The molecule has 1 aromatic carbocycles. The van der Waals surface area contributed by atoms with Crippen LogP contribution in [0, 0.1) is 6.92 Å². The van der Waals surface area contributed by atoms with Crippen LogP contribution in [0.4, 0.5) is 0 Å². The van der Waals surface area contributed by atoms with Crippen LogP contribution >= 0.6 is 0 Å². The number of nitrogens with zero attached hydrogens (tertiary/aromatic N) is 2. The molecule has 0 saturated carbocycles. The van der Waals surface area contributed by atoms with E-state index in [-0.39, 0.29) is 6.04 Å². The van der Waals surface area contributed by atoms with E-state index in [4.69, 9.17) is 4.74 Å². The van der Waals surface area contributed by atoms with E-state index in [9.17, 15) is 8.42 Å². The van der Waals surface area contributed by atoms with E-state index in [0.717, 1.165) is 24.0 Å². The van der Waals surface area contributed by atoms with Crippen LogP contribution < -0.4 is 0 Å². The molecule has 0 spiro atoms. The zero-order valence-corrected chi connectivity index (χ0v) is 15.6. The van der Waals surface area contributed by atoms with E-state index in [1.807, 2.05) is 50.2 Å². The molecule has 1 aliphatic rings. The Balaban J connectivity index is 2.16. The highest BCUT2D eigenvalue weighted by Gasteiger charge is 2.29. The molecule has 1 fully saturated rings. The second-order valence-electron chi connectivity index (χ2n) is 6.52. The highest BCUT2D eigenvalue weighted by Crippen LogP contribution is 2.20. The number of rotatable bonds is 7. The Hall–Kier alpha value is -1.21. The van der Waals surface area contributed by atoms with Gasteiger partial charge in [-0.25, -0.2) is 8.42 Å². The minimum absolute atomic E-state index is 0.0198. The summed E-state index contributed by atoms with van der Waals surface area (Å²) in [5.41, 5.74) is 2.05. The van der Waals surface area contributed by atoms with Gasteiger partial charge in [-0.1, -0.05) is 29.8 Å². The van der Waals surface area contributed by atoms with Crippen molar-refractivity contribution in [1.29, 1.82) is 0 Å². The third-order valence-electron chi connectivity index (χ3n) is 4.20. The molecule has 2 rings (SSSR count). The maximum absolute atomic E-state index is 12.9. The van der Waals surface area contributed by atoms with Gasteiger partial charge in [-0.3, -0.25) is 0 Å². The van der Waals surface area contributed by atoms with Crippen LogP contribution in [0.1, 0.15) is 24.0 Å². The molecule has 5 nitrogen and oxygen atoms in total. The smallest absolute Gasteiger partial charge is 0.236 e. The SMILES string of the molecule is Cc1ccc(/C=C/S(=O)(=O)N(CCN(C)C)C2CCOCC2)cc1. The molecule has 134 valence electrons. The average Bonchev–Trinajstić information content (AvgIpc) is 2.55. The number of hydrogen-bond acceptors (Lipinski definition) is 4. The zero-order chi connectivity index (χ0) is 17.6. The molecule has 0 unspecified atom stereocenters. The summed E-state index contributed by atoms with van der Waals surface area (Å²) >= 11 is 0. The third kappa shape index (κ3) is 5.70. The lowest BCUT2D eigenvalue weighted by Crippen LogP contribution is -2.45. The average molecular weight is 353 g/mol. The second-order valence-corrected chi connectivity index (χ2v) is 8.29. The van der Waals surface area contributed by atoms with Gasteiger partial charge in [0.25, 0.3) is 0 Å². The normalized spacial score (nSPS) is 17.2. The van der Waals surface area contributed by atoms with Gasteiger partial charge in [-0.2, -0.15) is 4.31 Å². The molecule has 1 aliphatic heterocycles. The molecule has 6 heteroatoms. The molecule has 1 saturated heterocycles. The maximum Gasteiger partial charge on any atom is 0.236 e. The van der Waals surface area contributed by atoms with Crippen molar-refractivity contribution in [2.45, 2.75) is 25.8 Å². The highest BCUT2D eigenvalue weighted by molar-refractivity contribution is 7.92. The van der Waals surface area contributed by atoms with Gasteiger partial charge >= 0.3 is 0 Å². The van der Waals surface area contributed by atoms with Crippen molar-refractivity contribution >= 4 is 16.1 Å². The third-order valence-corrected chi connectivity index (χ3v) is 5.82. The summed E-state index contributed by atoms with van der Waals surface area (Å²) in [6.45, 7) is 4.46. The molecule has 0 amide bonds. The summed E-state index contributed by atoms with van der Waals surface area (Å²) in [5, 5.41) is 1.34. The number of ether oxygens (including phenoxy) is 1. The molecule has 0 radical (unpaired) electrons. The van der Waals surface area contributed by atoms with Crippen LogP contribution in [0.2, 0.25) is 0 Å². The van der Waals surface area contributed by atoms with Crippen LogP contribution in [-0.2, 0) is 14.8 Å². The first-order chi connectivity index (χ1) is 11.4. The standard InChI is InChI=1S/C18H28N2O3S/c1-16-4-6-17(7-5-16)10-15-24(21,22)20(12-11-19(2)3)18-8-13-23-14-9-18/h4-7,10,15,18H,8-9,11-14H2,1-3H3/b15-10+. The lowest BCUT2D eigenvalue weighted by Gasteiger charge is -2.33. The van der Waals surface area contributed by atoms with Crippen molar-refractivity contribution in [2.24, 2.45) is 0 Å². The predicted octanol–water partition coefficient (Wildman–Crippen LogP) is 2.34. The summed E-state index contributed by atoms with van der Waals surface area (Å²) in [7, 11) is 0.455. The topological polar surface area (TPSA) is 49.9 Å². The Morgan fingerprint density at radius 1 is 1.12 bits per heavy atom. The largest absolute Gasteiger partial charge is 0.381 e. The fourth-order valence-electron chi connectivity index (χ4n) is 2.71. The second kappa shape index (κ2) is 8.76. The van der Waals surface area contributed by atoms with E-state index in [2.05, 4.69) is 0 Å². The van der Waals surface area contributed by atoms with Crippen LogP contribution in [0.5, 0.6) is 0 Å². The van der Waals surface area contributed by atoms with Crippen molar-refractivity contribution < 1.29 is 13.2 Å². The number of sulfonamides is 1. The quantitative estimate of drug-likeness (QED) is 0.756. The maximum atomic E-state index is 12.9. The van der Waals surface area contributed by atoms with Gasteiger partial charge in [0.05, 0.1) is 0 Å². The lowest BCUT2D eigenvalue weighted by molar-refractivity contribution is 0.0576. The van der Waals surface area contributed by atoms with Crippen molar-refractivity contribution in [3.05, 3.63) is 40.8 Å². The summed E-state index contributed by atoms with van der Waals surface area (Å²) in [6.07, 6.45) is 3.19. The van der Waals surface area contributed by atoms with E-state index < -0.39 is 10.0 Å². The molecule has 1 aromatic rings. The van der Waals surface area contributed by atoms with E-state index in [1.54, 1.807) is 10.4 Å². The highest BCUT2D eigenvalue weighted by atomic mass is 32.2. The first-order valence-electron chi connectivity index (χ1n) is 8.37. The lowest BCUT2D eigenvalue weighted by atomic mass is 10.1. The number of hydrogen-bond donors (Lipinski definition) is 0. The fraction of sp³-hybridized carbons (Fsp3) is 0.556. The molecular formula is C18H28N2O3S. The van der Waals surface area contributed by atoms with Crippen LogP contribution in [-0.4, -0.2) is 64.1 Å². The Morgan fingerprint density at radius 3 is 2.33 bits per heavy atom. The number of likely N-dealkylation sites (N-methyl/N-ethyl adjacent to an activating group) is 1. The molecule has 0 N–H and O–H groups in total. The molecule has 1 heterocycles. The first kappa shape index (κ1) is 19.1. The van der Waals surface area contributed by atoms with Crippen molar-refractivity contribution in [3.63, 3.8) is 0 Å². The van der Waals surface area contributed by atoms with Gasteiger partial charge in [0.1, 0.15) is 0 Å². The molecule has 0 aliphatic carbocycles. The minimum Gasteiger partial charge on any atom is -0.381 e. The zero-order valence-electron chi connectivity index (χ0n) is 14.8. The van der Waals surface area contributed by atoms with Crippen LogP contribution in [0.15, 0.2) is 29.7 Å². The van der Waals surface area contributed by atoms with Gasteiger partial charge in [-0.05, 0) is 45.5 Å². The number of aryl methyl sites for hydroxylation is 1. The molecule has 0 aromatic heterocycles. The van der Waals surface area contributed by atoms with Gasteiger partial charge in [0, 0.05) is 37.8 Å². The Kier molecular flexibility index (Phi) is 6.98. The van der Waals surface area contributed by atoms with Crippen molar-refractivity contribution in [3.8, 4) is 0 Å². The summed E-state index contributed by atoms with van der Waals surface area (Å²) in [6, 6.07) is 7.84. The molecule has 0 bridgehead atoms. The molecular weight excluding hydrogens is 324 g/mol. The van der Waals surface area contributed by atoms with Gasteiger partial charge in [0.15, 0.2) is 0 Å². The van der Waals surface area contributed by atoms with E-state index in [1.165, 1.54) is 5.41 Å². The van der Waals surface area contributed by atoms with E-state index in [0.29, 0.717) is 26.3 Å². The first-order valence-corrected chi connectivity index (χ1v) is 9.88. The molecule has 0 atom stereocenters. The summed E-state index contributed by atoms with van der Waals surface area (Å²) in [4.78, 5) is 2.01. The molecule has 24 heavy (non-hydrogen) atoms. The van der Waals surface area contributed by atoms with Crippen molar-refractivity contribution in [1.82, 2.24) is 9.21 Å². The van der Waals surface area contributed by atoms with E-state index >= 15 is 0 Å². The minimum atomic E-state index is -3.46. The van der Waals surface area contributed by atoms with Gasteiger partial charge < -0.3 is 9.64 Å². The Labute approximate surface area is 146 Å². The van der Waals surface area contributed by atoms with Crippen molar-refractivity contribution in [2.75, 3.05) is 40.4 Å². The fourth-order valence-corrected chi connectivity index (χ4v) is 4.16. The van der Waals surface area contributed by atoms with Gasteiger partial charge in [-0.15, -0.1) is 0 Å². The Bertz CT molecular complexity index is 633. The monoisotopic (exact) mass is 352 g/mol. The number of benzene rings is 1. The van der Waals surface area contributed by atoms with Crippen LogP contribution in [0.25, 0.3) is 6.08 Å². The summed E-state index contributed by atoms with van der Waals surface area (Å²) in [5.74, 6) is 0. The van der Waals surface area contributed by atoms with Crippen LogP contribution in [0.3, 0.4) is 0 Å².